The lowest BCUT2D eigenvalue weighted by Crippen LogP contribution is -2.54. The van der Waals surface area contributed by atoms with Gasteiger partial charge >= 0.3 is 0 Å². The molecule has 4 nitrogen and oxygen atoms in total. The second kappa shape index (κ2) is 4.75. The summed E-state index contributed by atoms with van der Waals surface area (Å²) in [6, 6.07) is 5.88. The lowest BCUT2D eigenvalue weighted by atomic mass is 10.1. The van der Waals surface area contributed by atoms with E-state index in [2.05, 4.69) is 0 Å². The number of rotatable bonds is 3. The van der Waals surface area contributed by atoms with E-state index in [9.17, 15) is 4.79 Å². The Morgan fingerprint density at radius 3 is 2.53 bits per heavy atom. The number of β-amino-alcohol motifs (C(OH)–C–C–N with tert-alkyl or cyclic N) is 1. The summed E-state index contributed by atoms with van der Waals surface area (Å²) in [6.07, 6.45) is -0.362. The molecule has 0 radical (unpaired) electrons. The topological polar surface area (TPSA) is 49.8 Å². The second-order valence-electron chi connectivity index (χ2n) is 4.46. The zero-order valence-corrected chi connectivity index (χ0v) is 10.1. The Kier molecular flexibility index (Phi) is 3.33. The maximum Gasteiger partial charge on any atom is 0.260 e. The van der Waals surface area contributed by atoms with Crippen molar-refractivity contribution in [3.8, 4) is 5.75 Å². The molecule has 0 aromatic heterocycles. The number of hydrogen-bond acceptors (Lipinski definition) is 3. The molecule has 0 atom stereocenters. The molecule has 1 amide bonds. The number of carbonyl (C=O) groups is 1. The zero-order valence-electron chi connectivity index (χ0n) is 10.1. The maximum atomic E-state index is 11.7. The van der Waals surface area contributed by atoms with Crippen molar-refractivity contribution in [1.82, 2.24) is 4.90 Å². The van der Waals surface area contributed by atoms with Crippen molar-refractivity contribution < 1.29 is 14.6 Å². The molecule has 1 fully saturated rings. The summed E-state index contributed by atoms with van der Waals surface area (Å²) in [6.45, 7) is 4.81. The minimum atomic E-state index is -0.362. The zero-order chi connectivity index (χ0) is 12.4. The average molecular weight is 235 g/mol. The molecule has 0 unspecified atom stereocenters. The number of amides is 1. The average Bonchev–Trinajstić information content (AvgIpc) is 2.24. The molecule has 1 aromatic rings. The Labute approximate surface area is 101 Å². The molecule has 4 heteroatoms. The monoisotopic (exact) mass is 235 g/mol. The van der Waals surface area contributed by atoms with Gasteiger partial charge in [0.1, 0.15) is 5.75 Å². The van der Waals surface area contributed by atoms with Crippen molar-refractivity contribution in [2.45, 2.75) is 20.0 Å². The van der Waals surface area contributed by atoms with Gasteiger partial charge < -0.3 is 14.7 Å². The van der Waals surface area contributed by atoms with Crippen molar-refractivity contribution in [2.75, 3.05) is 19.7 Å². The van der Waals surface area contributed by atoms with Crippen LogP contribution in [0.15, 0.2) is 18.2 Å². The summed E-state index contributed by atoms with van der Waals surface area (Å²) in [5, 5.41) is 9.11. The van der Waals surface area contributed by atoms with Crippen LogP contribution in [0.2, 0.25) is 0 Å². The lowest BCUT2D eigenvalue weighted by Gasteiger charge is -2.35. The number of carbonyl (C=O) groups excluding carboxylic acids is 1. The number of aliphatic hydroxyl groups is 1. The summed E-state index contributed by atoms with van der Waals surface area (Å²) in [7, 11) is 0. The third-order valence-corrected chi connectivity index (χ3v) is 2.96. The lowest BCUT2D eigenvalue weighted by molar-refractivity contribution is -0.143. The Bertz CT molecular complexity index is 404. The van der Waals surface area contributed by atoms with Gasteiger partial charge in [0.05, 0.1) is 6.10 Å². The molecule has 1 heterocycles. The van der Waals surface area contributed by atoms with Crippen LogP contribution in [-0.4, -0.2) is 41.7 Å². The Morgan fingerprint density at radius 2 is 2.00 bits per heavy atom. The van der Waals surface area contributed by atoms with Crippen molar-refractivity contribution in [3.05, 3.63) is 29.3 Å². The first-order valence-electron chi connectivity index (χ1n) is 5.73. The van der Waals surface area contributed by atoms with E-state index in [4.69, 9.17) is 9.84 Å². The number of nitrogens with zero attached hydrogens (tertiary/aromatic N) is 1. The highest BCUT2D eigenvalue weighted by Gasteiger charge is 2.28. The first-order valence-corrected chi connectivity index (χ1v) is 5.73. The minimum Gasteiger partial charge on any atom is -0.483 e. The van der Waals surface area contributed by atoms with Crippen LogP contribution in [0, 0.1) is 13.8 Å². The van der Waals surface area contributed by atoms with Gasteiger partial charge in [-0.25, -0.2) is 0 Å². The highest BCUT2D eigenvalue weighted by molar-refractivity contribution is 5.78. The van der Waals surface area contributed by atoms with Crippen LogP contribution < -0.4 is 4.74 Å². The molecule has 0 saturated carbocycles. The van der Waals surface area contributed by atoms with E-state index < -0.39 is 0 Å². The van der Waals surface area contributed by atoms with Gasteiger partial charge in [-0.2, -0.15) is 0 Å². The molecular weight excluding hydrogens is 218 g/mol. The molecule has 0 aliphatic carbocycles. The number of benzene rings is 1. The first-order chi connectivity index (χ1) is 8.08. The van der Waals surface area contributed by atoms with E-state index in [0.717, 1.165) is 16.9 Å². The van der Waals surface area contributed by atoms with Gasteiger partial charge in [-0.3, -0.25) is 4.79 Å². The van der Waals surface area contributed by atoms with E-state index in [1.807, 2.05) is 32.0 Å². The fourth-order valence-corrected chi connectivity index (χ4v) is 1.91. The van der Waals surface area contributed by atoms with Crippen LogP contribution in [0.5, 0.6) is 5.75 Å². The predicted octanol–water partition coefficient (Wildman–Crippen LogP) is 0.885. The molecular formula is C13H17NO3. The standard InChI is InChI=1S/C13H17NO3/c1-9-4-3-5-10(2)13(9)17-8-12(16)14-6-11(15)7-14/h3-5,11,15H,6-8H2,1-2H3. The Morgan fingerprint density at radius 1 is 1.41 bits per heavy atom. The molecule has 1 aliphatic rings. The number of likely N-dealkylation sites (tertiary alicyclic amines) is 1. The first kappa shape index (κ1) is 11.9. The summed E-state index contributed by atoms with van der Waals surface area (Å²) < 4.78 is 5.55. The molecule has 0 spiro atoms. The fraction of sp³-hybridized carbons (Fsp3) is 0.462. The Balaban J connectivity index is 1.91. The smallest absolute Gasteiger partial charge is 0.260 e. The summed E-state index contributed by atoms with van der Waals surface area (Å²) in [5.41, 5.74) is 2.06. The summed E-state index contributed by atoms with van der Waals surface area (Å²) in [4.78, 5) is 13.3. The highest BCUT2D eigenvalue weighted by Crippen LogP contribution is 2.22. The summed E-state index contributed by atoms with van der Waals surface area (Å²) >= 11 is 0. The molecule has 1 aliphatic heterocycles. The van der Waals surface area contributed by atoms with Gasteiger partial charge in [-0.1, -0.05) is 18.2 Å². The number of aryl methyl sites for hydroxylation is 2. The van der Waals surface area contributed by atoms with E-state index in [-0.39, 0.29) is 18.6 Å². The van der Waals surface area contributed by atoms with Crippen LogP contribution in [0.3, 0.4) is 0 Å². The molecule has 0 bridgehead atoms. The SMILES string of the molecule is Cc1cccc(C)c1OCC(=O)N1CC(O)C1. The third-order valence-electron chi connectivity index (χ3n) is 2.96. The van der Waals surface area contributed by atoms with E-state index in [1.54, 1.807) is 4.90 Å². The van der Waals surface area contributed by atoms with E-state index >= 15 is 0 Å². The van der Waals surface area contributed by atoms with Gasteiger partial charge in [0, 0.05) is 13.1 Å². The molecule has 17 heavy (non-hydrogen) atoms. The highest BCUT2D eigenvalue weighted by atomic mass is 16.5. The van der Waals surface area contributed by atoms with Crippen molar-refractivity contribution in [1.29, 1.82) is 0 Å². The number of hydrogen-bond donors (Lipinski definition) is 1. The molecule has 2 rings (SSSR count). The normalized spacial score (nSPS) is 15.6. The molecule has 1 N–H and O–H groups in total. The summed E-state index contributed by atoms with van der Waals surface area (Å²) in [5.74, 6) is 0.708. The Hall–Kier alpha value is -1.55. The van der Waals surface area contributed by atoms with E-state index in [0.29, 0.717) is 13.1 Å². The molecule has 1 saturated heterocycles. The van der Waals surface area contributed by atoms with Crippen LogP contribution >= 0.6 is 0 Å². The van der Waals surface area contributed by atoms with Crippen LogP contribution in [0.25, 0.3) is 0 Å². The quantitative estimate of drug-likeness (QED) is 0.846. The van der Waals surface area contributed by atoms with Crippen LogP contribution in [0.1, 0.15) is 11.1 Å². The van der Waals surface area contributed by atoms with Crippen molar-refractivity contribution in [3.63, 3.8) is 0 Å². The number of ether oxygens (including phenoxy) is 1. The third kappa shape index (κ3) is 2.58. The largest absolute Gasteiger partial charge is 0.483 e. The fourth-order valence-electron chi connectivity index (χ4n) is 1.91. The number of aliphatic hydroxyl groups excluding tert-OH is 1. The van der Waals surface area contributed by atoms with Crippen molar-refractivity contribution >= 4 is 5.91 Å². The van der Waals surface area contributed by atoms with Crippen LogP contribution in [0.4, 0.5) is 0 Å². The van der Waals surface area contributed by atoms with Crippen molar-refractivity contribution in [2.24, 2.45) is 0 Å². The predicted molar refractivity (Wildman–Crippen MR) is 64.0 cm³/mol. The van der Waals surface area contributed by atoms with Gasteiger partial charge in [0.25, 0.3) is 5.91 Å². The second-order valence-corrected chi connectivity index (χ2v) is 4.46. The van der Waals surface area contributed by atoms with Gasteiger partial charge in [0.15, 0.2) is 6.61 Å². The minimum absolute atomic E-state index is 0.0401. The molecule has 92 valence electrons. The van der Waals surface area contributed by atoms with E-state index in [1.165, 1.54) is 0 Å². The number of para-hydroxylation sites is 1. The van der Waals surface area contributed by atoms with Gasteiger partial charge in [0.2, 0.25) is 0 Å². The maximum absolute atomic E-state index is 11.7. The molecule has 1 aromatic carbocycles. The van der Waals surface area contributed by atoms with Gasteiger partial charge in [-0.15, -0.1) is 0 Å². The van der Waals surface area contributed by atoms with Gasteiger partial charge in [-0.05, 0) is 25.0 Å². The van der Waals surface area contributed by atoms with Crippen LogP contribution in [-0.2, 0) is 4.79 Å².